The van der Waals surface area contributed by atoms with E-state index in [2.05, 4.69) is 9.72 Å². The van der Waals surface area contributed by atoms with Crippen molar-refractivity contribution < 1.29 is 31.1 Å². The number of alkyl halides is 3. The van der Waals surface area contributed by atoms with Crippen LogP contribution >= 0.6 is 34.8 Å². The molecule has 0 saturated heterocycles. The van der Waals surface area contributed by atoms with Gasteiger partial charge in [0.25, 0.3) is 5.24 Å². The number of sulfone groups is 1. The first kappa shape index (κ1) is 21.2. The molecule has 0 atom stereocenters. The molecule has 12 heteroatoms. The van der Waals surface area contributed by atoms with Gasteiger partial charge in [-0.25, -0.2) is 8.42 Å². The summed E-state index contributed by atoms with van der Waals surface area (Å²) < 4.78 is 66.0. The molecular weight excluding hydrogens is 442 g/mol. The van der Waals surface area contributed by atoms with Crippen molar-refractivity contribution in [2.24, 2.45) is 0 Å². The minimum Gasteiger partial charge on any atom is -0.367 e. The zero-order valence-electron chi connectivity index (χ0n) is 12.8. The molecule has 142 valence electrons. The van der Waals surface area contributed by atoms with Crippen molar-refractivity contribution in [3.63, 3.8) is 0 Å². The van der Waals surface area contributed by atoms with Crippen LogP contribution in [-0.4, -0.2) is 37.7 Å². The number of rotatable bonds is 5. The summed E-state index contributed by atoms with van der Waals surface area (Å²) in [4.78, 5) is 15.2. The molecule has 0 amide bonds. The molecule has 5 nitrogen and oxygen atoms in total. The molecule has 2 rings (SSSR count). The lowest BCUT2D eigenvalue weighted by Gasteiger charge is -2.17. The quantitative estimate of drug-likeness (QED) is 0.631. The lowest BCUT2D eigenvalue weighted by molar-refractivity contribution is -0.176. The SMILES string of the molecule is CS(=O)(=O)c1c(COCC(F)(F)F)c(Cl)c(C(=O)Cl)c2ncc(Cl)cc12. The Hall–Kier alpha value is -1.13. The van der Waals surface area contributed by atoms with E-state index in [0.29, 0.717) is 0 Å². The van der Waals surface area contributed by atoms with Gasteiger partial charge in [-0.15, -0.1) is 0 Å². The van der Waals surface area contributed by atoms with E-state index in [0.717, 1.165) is 12.5 Å². The highest BCUT2D eigenvalue weighted by atomic mass is 35.5. The topological polar surface area (TPSA) is 73.3 Å². The number of ether oxygens (including phenoxy) is 1. The smallest absolute Gasteiger partial charge is 0.367 e. The highest BCUT2D eigenvalue weighted by molar-refractivity contribution is 7.91. The zero-order valence-corrected chi connectivity index (χ0v) is 15.9. The maximum Gasteiger partial charge on any atom is 0.411 e. The Morgan fingerprint density at radius 2 is 1.92 bits per heavy atom. The normalized spacial score (nSPS) is 12.6. The van der Waals surface area contributed by atoms with Gasteiger partial charge in [-0.05, 0) is 17.7 Å². The lowest BCUT2D eigenvalue weighted by Crippen LogP contribution is -2.18. The monoisotopic (exact) mass is 449 g/mol. The van der Waals surface area contributed by atoms with Crippen molar-refractivity contribution >= 4 is 60.8 Å². The van der Waals surface area contributed by atoms with Gasteiger partial charge in [-0.1, -0.05) is 23.2 Å². The van der Waals surface area contributed by atoms with Crippen molar-refractivity contribution in [1.29, 1.82) is 0 Å². The Morgan fingerprint density at radius 3 is 2.42 bits per heavy atom. The van der Waals surface area contributed by atoms with Crippen LogP contribution < -0.4 is 0 Å². The first-order chi connectivity index (χ1) is 11.8. The van der Waals surface area contributed by atoms with Crippen LogP contribution in [0, 0.1) is 0 Å². The van der Waals surface area contributed by atoms with E-state index in [1.54, 1.807) is 0 Å². The molecule has 0 bridgehead atoms. The summed E-state index contributed by atoms with van der Waals surface area (Å²) in [7, 11) is -4.01. The Kier molecular flexibility index (Phi) is 6.09. The largest absolute Gasteiger partial charge is 0.411 e. The molecule has 0 aliphatic carbocycles. The van der Waals surface area contributed by atoms with E-state index in [1.807, 2.05) is 0 Å². The number of nitrogens with zero attached hydrogens (tertiary/aromatic N) is 1. The van der Waals surface area contributed by atoms with Gasteiger partial charge in [0.15, 0.2) is 9.84 Å². The van der Waals surface area contributed by atoms with Crippen LogP contribution in [-0.2, 0) is 21.2 Å². The van der Waals surface area contributed by atoms with Crippen LogP contribution in [0.1, 0.15) is 15.9 Å². The Labute approximate surface area is 160 Å². The van der Waals surface area contributed by atoms with E-state index in [4.69, 9.17) is 34.8 Å². The predicted molar refractivity (Wildman–Crippen MR) is 90.8 cm³/mol. The highest BCUT2D eigenvalue weighted by Crippen LogP contribution is 2.38. The predicted octanol–water partition coefficient (Wildman–Crippen LogP) is 4.40. The number of aromatic nitrogens is 1. The summed E-state index contributed by atoms with van der Waals surface area (Å²) in [5.74, 6) is 0. The van der Waals surface area contributed by atoms with Gasteiger partial charge < -0.3 is 4.74 Å². The average Bonchev–Trinajstić information content (AvgIpc) is 2.44. The highest BCUT2D eigenvalue weighted by Gasteiger charge is 2.30. The first-order valence-corrected chi connectivity index (χ1v) is 9.69. The second-order valence-corrected chi connectivity index (χ2v) is 8.31. The van der Waals surface area contributed by atoms with Crippen LogP contribution in [0.3, 0.4) is 0 Å². The van der Waals surface area contributed by atoms with Gasteiger partial charge in [-0.2, -0.15) is 13.2 Å². The molecule has 0 aliphatic heterocycles. The van der Waals surface area contributed by atoms with Gasteiger partial charge in [-0.3, -0.25) is 9.78 Å². The fraction of sp³-hybridized carbons (Fsp3) is 0.286. The third-order valence-corrected chi connectivity index (χ3v) is 5.19. The van der Waals surface area contributed by atoms with Crippen molar-refractivity contribution in [1.82, 2.24) is 4.98 Å². The number of hydrogen-bond donors (Lipinski definition) is 0. The standard InChI is InChI=1S/C14H9Cl3F3NO4S/c1-26(23,24)12-7-2-6(15)3-21-11(7)9(13(17)22)10(16)8(12)4-25-5-14(18,19)20/h2-3H,4-5H2,1H3. The molecule has 2 aromatic rings. The van der Waals surface area contributed by atoms with Crippen LogP contribution in [0.25, 0.3) is 10.9 Å². The molecule has 1 aromatic carbocycles. The van der Waals surface area contributed by atoms with Gasteiger partial charge in [0.2, 0.25) is 0 Å². The number of benzene rings is 1. The van der Waals surface area contributed by atoms with Crippen LogP contribution in [0.5, 0.6) is 0 Å². The maximum absolute atomic E-state index is 12.3. The lowest BCUT2D eigenvalue weighted by atomic mass is 10.1. The molecule has 26 heavy (non-hydrogen) atoms. The van der Waals surface area contributed by atoms with Crippen LogP contribution in [0.2, 0.25) is 10.0 Å². The minimum atomic E-state index is -4.63. The molecule has 0 N–H and O–H groups in total. The number of fused-ring (bicyclic) bond motifs is 1. The number of hydrogen-bond acceptors (Lipinski definition) is 5. The fourth-order valence-corrected chi connectivity index (χ4v) is 4.26. The number of pyridine rings is 1. The Bertz CT molecular complexity index is 993. The number of carbonyl (C=O) groups is 1. The van der Waals surface area contributed by atoms with Crippen molar-refractivity contribution in [2.45, 2.75) is 17.7 Å². The minimum absolute atomic E-state index is 0.0415. The van der Waals surface area contributed by atoms with E-state index >= 15 is 0 Å². The molecule has 0 unspecified atom stereocenters. The zero-order chi connectivity index (χ0) is 19.9. The van der Waals surface area contributed by atoms with Gasteiger partial charge >= 0.3 is 6.18 Å². The summed E-state index contributed by atoms with van der Waals surface area (Å²) in [5.41, 5.74) is -0.823. The summed E-state index contributed by atoms with van der Waals surface area (Å²) in [5, 5.41) is -1.57. The van der Waals surface area contributed by atoms with Crippen molar-refractivity contribution in [3.05, 3.63) is 33.4 Å². The van der Waals surface area contributed by atoms with Gasteiger partial charge in [0.1, 0.15) is 6.61 Å². The first-order valence-electron chi connectivity index (χ1n) is 6.67. The van der Waals surface area contributed by atoms with E-state index in [9.17, 15) is 26.4 Å². The molecule has 1 aromatic heterocycles. The van der Waals surface area contributed by atoms with Gasteiger partial charge in [0.05, 0.1) is 32.6 Å². The molecule has 0 fully saturated rings. The summed E-state index contributed by atoms with van der Waals surface area (Å²) >= 11 is 17.4. The summed E-state index contributed by atoms with van der Waals surface area (Å²) in [6.07, 6.45) is -2.66. The molecule has 0 saturated carbocycles. The van der Waals surface area contributed by atoms with E-state index in [1.165, 1.54) is 6.07 Å². The van der Waals surface area contributed by atoms with Gasteiger partial charge in [0, 0.05) is 23.4 Å². The van der Waals surface area contributed by atoms with E-state index < -0.39 is 44.4 Å². The van der Waals surface area contributed by atoms with Crippen LogP contribution in [0.4, 0.5) is 13.2 Å². The average molecular weight is 451 g/mol. The molecule has 0 aliphatic rings. The van der Waals surface area contributed by atoms with E-state index in [-0.39, 0.29) is 27.1 Å². The third kappa shape index (κ3) is 4.58. The second kappa shape index (κ2) is 7.47. The summed E-state index contributed by atoms with van der Waals surface area (Å²) in [6.45, 7) is -2.46. The third-order valence-electron chi connectivity index (χ3n) is 3.17. The Balaban J connectivity index is 2.83. The number of carbonyl (C=O) groups excluding carboxylic acids is 1. The molecule has 0 spiro atoms. The summed E-state index contributed by atoms with van der Waals surface area (Å²) in [6, 6.07) is 1.20. The van der Waals surface area contributed by atoms with Crippen molar-refractivity contribution in [2.75, 3.05) is 12.9 Å². The number of halogens is 6. The van der Waals surface area contributed by atoms with Crippen molar-refractivity contribution in [3.8, 4) is 0 Å². The molecule has 1 heterocycles. The molecule has 0 radical (unpaired) electrons. The maximum atomic E-state index is 12.3. The van der Waals surface area contributed by atoms with Crippen LogP contribution in [0.15, 0.2) is 17.2 Å². The molecular formula is C14H9Cl3F3NO4S. The fourth-order valence-electron chi connectivity index (χ4n) is 2.33. The Morgan fingerprint density at radius 1 is 1.31 bits per heavy atom. The second-order valence-electron chi connectivity index (χ2n) is 5.20.